The highest BCUT2D eigenvalue weighted by atomic mass is 16.4. The van der Waals surface area contributed by atoms with Gasteiger partial charge in [0, 0.05) is 18.3 Å². The predicted molar refractivity (Wildman–Crippen MR) is 80.5 cm³/mol. The molecule has 1 rings (SSSR count). The van der Waals surface area contributed by atoms with Crippen molar-refractivity contribution in [3.63, 3.8) is 0 Å². The molecule has 3 N–H and O–H groups in total. The van der Waals surface area contributed by atoms with Gasteiger partial charge in [-0.2, -0.15) is 0 Å². The van der Waals surface area contributed by atoms with E-state index < -0.39 is 18.0 Å². The van der Waals surface area contributed by atoms with Crippen LogP contribution in [0.15, 0.2) is 24.3 Å². The van der Waals surface area contributed by atoms with Crippen molar-refractivity contribution in [3.05, 3.63) is 24.3 Å². The lowest BCUT2D eigenvalue weighted by Gasteiger charge is -2.24. The van der Waals surface area contributed by atoms with E-state index in [9.17, 15) is 14.7 Å². The second kappa shape index (κ2) is 7.52. The fourth-order valence-corrected chi connectivity index (χ4v) is 2.02. The van der Waals surface area contributed by atoms with E-state index in [1.165, 1.54) is 17.0 Å². The number of aromatic hydroxyl groups is 1. The van der Waals surface area contributed by atoms with Gasteiger partial charge in [-0.25, -0.2) is 9.59 Å². The predicted octanol–water partition coefficient (Wildman–Crippen LogP) is 2.43. The summed E-state index contributed by atoms with van der Waals surface area (Å²) in [5, 5.41) is 21.2. The zero-order valence-electron chi connectivity index (χ0n) is 12.5. The Balaban J connectivity index is 2.85. The number of carboxylic acids is 1. The van der Waals surface area contributed by atoms with Crippen LogP contribution in [0.25, 0.3) is 0 Å². The van der Waals surface area contributed by atoms with E-state index in [0.717, 1.165) is 0 Å². The maximum atomic E-state index is 12.3. The number of carbonyl (C=O) groups excluding carboxylic acids is 1. The van der Waals surface area contributed by atoms with Gasteiger partial charge in [0.25, 0.3) is 0 Å². The Morgan fingerprint density at radius 3 is 2.48 bits per heavy atom. The number of hydrogen-bond donors (Lipinski definition) is 3. The molecule has 1 aromatic carbocycles. The molecule has 0 fully saturated rings. The number of hydrogen-bond acceptors (Lipinski definition) is 3. The topological polar surface area (TPSA) is 89.9 Å². The number of anilines is 1. The molecule has 0 bridgehead atoms. The Morgan fingerprint density at radius 2 is 2.00 bits per heavy atom. The SMILES string of the molecule is CCN(C(=O)NC(CC(C)C)C(=O)O)c1cccc(O)c1. The zero-order chi connectivity index (χ0) is 16.0. The summed E-state index contributed by atoms with van der Waals surface area (Å²) in [4.78, 5) is 24.8. The summed E-state index contributed by atoms with van der Waals surface area (Å²) >= 11 is 0. The highest BCUT2D eigenvalue weighted by molar-refractivity contribution is 5.94. The molecular weight excluding hydrogens is 272 g/mol. The minimum atomic E-state index is -1.05. The first-order valence-corrected chi connectivity index (χ1v) is 6.95. The van der Waals surface area contributed by atoms with Gasteiger partial charge in [-0.05, 0) is 31.4 Å². The number of amides is 2. The largest absolute Gasteiger partial charge is 0.508 e. The lowest BCUT2D eigenvalue weighted by atomic mass is 10.0. The van der Waals surface area contributed by atoms with E-state index in [1.54, 1.807) is 19.1 Å². The van der Waals surface area contributed by atoms with Crippen molar-refractivity contribution in [2.75, 3.05) is 11.4 Å². The van der Waals surface area contributed by atoms with Gasteiger partial charge in [0.1, 0.15) is 11.8 Å². The minimum Gasteiger partial charge on any atom is -0.508 e. The molecule has 0 heterocycles. The summed E-state index contributed by atoms with van der Waals surface area (Å²) in [6, 6.07) is 4.86. The van der Waals surface area contributed by atoms with Gasteiger partial charge in [0.15, 0.2) is 0 Å². The van der Waals surface area contributed by atoms with Crippen LogP contribution in [0.3, 0.4) is 0 Å². The van der Waals surface area contributed by atoms with Crippen LogP contribution < -0.4 is 10.2 Å². The molecule has 0 aliphatic rings. The fraction of sp³-hybridized carbons (Fsp3) is 0.467. The lowest BCUT2D eigenvalue weighted by Crippen LogP contribution is -2.48. The Kier molecular flexibility index (Phi) is 6.02. The number of nitrogens with zero attached hydrogens (tertiary/aromatic N) is 1. The molecule has 2 amide bonds. The highest BCUT2D eigenvalue weighted by Crippen LogP contribution is 2.20. The van der Waals surface area contributed by atoms with Crippen LogP contribution in [-0.4, -0.2) is 34.8 Å². The Labute approximate surface area is 124 Å². The summed E-state index contributed by atoms with van der Waals surface area (Å²) in [5.74, 6) is -0.845. The van der Waals surface area contributed by atoms with E-state index in [4.69, 9.17) is 5.11 Å². The van der Waals surface area contributed by atoms with Crippen LogP contribution in [0.4, 0.5) is 10.5 Å². The number of benzene rings is 1. The minimum absolute atomic E-state index is 0.0516. The van der Waals surface area contributed by atoms with Crippen molar-refractivity contribution in [1.29, 1.82) is 0 Å². The number of phenols is 1. The van der Waals surface area contributed by atoms with Crippen LogP contribution >= 0.6 is 0 Å². The lowest BCUT2D eigenvalue weighted by molar-refractivity contribution is -0.139. The number of phenolic OH excluding ortho intramolecular Hbond substituents is 1. The Morgan fingerprint density at radius 1 is 1.33 bits per heavy atom. The van der Waals surface area contributed by atoms with E-state index in [1.807, 2.05) is 13.8 Å². The van der Waals surface area contributed by atoms with Crippen molar-refractivity contribution >= 4 is 17.7 Å². The molecule has 116 valence electrons. The smallest absolute Gasteiger partial charge is 0.326 e. The maximum absolute atomic E-state index is 12.3. The fourth-order valence-electron chi connectivity index (χ4n) is 2.02. The molecule has 0 saturated carbocycles. The van der Waals surface area contributed by atoms with Gasteiger partial charge in [-0.15, -0.1) is 0 Å². The third kappa shape index (κ3) is 4.98. The number of carbonyl (C=O) groups is 2. The van der Waals surface area contributed by atoms with Gasteiger partial charge in [-0.1, -0.05) is 19.9 Å². The number of carboxylic acid groups (broad SMARTS) is 1. The van der Waals surface area contributed by atoms with Crippen LogP contribution in [0.5, 0.6) is 5.75 Å². The molecule has 1 unspecified atom stereocenters. The molecule has 0 radical (unpaired) electrons. The Hall–Kier alpha value is -2.24. The van der Waals surface area contributed by atoms with Gasteiger partial charge >= 0.3 is 12.0 Å². The van der Waals surface area contributed by atoms with E-state index in [2.05, 4.69) is 5.32 Å². The standard InChI is InChI=1S/C15H22N2O4/c1-4-17(11-6-5-7-12(18)9-11)15(21)16-13(14(19)20)8-10(2)3/h5-7,9-10,13,18H,4,8H2,1-3H3,(H,16,21)(H,19,20). The van der Waals surface area contributed by atoms with E-state index >= 15 is 0 Å². The van der Waals surface area contributed by atoms with Crippen molar-refractivity contribution < 1.29 is 19.8 Å². The summed E-state index contributed by atoms with van der Waals surface area (Å²) in [5.41, 5.74) is 0.517. The molecule has 6 nitrogen and oxygen atoms in total. The molecule has 1 atom stereocenters. The van der Waals surface area contributed by atoms with Crippen molar-refractivity contribution in [2.24, 2.45) is 5.92 Å². The van der Waals surface area contributed by atoms with Crippen molar-refractivity contribution in [2.45, 2.75) is 33.2 Å². The number of aliphatic carboxylic acids is 1. The van der Waals surface area contributed by atoms with Crippen LogP contribution in [0.1, 0.15) is 27.2 Å². The molecular formula is C15H22N2O4. The van der Waals surface area contributed by atoms with Gasteiger partial charge in [0.05, 0.1) is 0 Å². The third-order valence-electron chi connectivity index (χ3n) is 3.01. The normalized spacial score (nSPS) is 12.0. The Bertz CT molecular complexity index is 502. The summed E-state index contributed by atoms with van der Waals surface area (Å²) in [6.45, 7) is 5.94. The molecule has 0 aromatic heterocycles. The van der Waals surface area contributed by atoms with Gasteiger partial charge in [0.2, 0.25) is 0 Å². The third-order valence-corrected chi connectivity index (χ3v) is 3.01. The summed E-state index contributed by atoms with van der Waals surface area (Å²) in [7, 11) is 0. The van der Waals surface area contributed by atoms with E-state index in [-0.39, 0.29) is 11.7 Å². The molecule has 1 aromatic rings. The van der Waals surface area contributed by atoms with Crippen LogP contribution in [0, 0.1) is 5.92 Å². The monoisotopic (exact) mass is 294 g/mol. The zero-order valence-corrected chi connectivity index (χ0v) is 12.5. The number of nitrogens with one attached hydrogen (secondary N) is 1. The van der Waals surface area contributed by atoms with Crippen LogP contribution in [-0.2, 0) is 4.79 Å². The van der Waals surface area contributed by atoms with Gasteiger partial charge < -0.3 is 15.5 Å². The average molecular weight is 294 g/mol. The molecule has 0 spiro atoms. The van der Waals surface area contributed by atoms with E-state index in [0.29, 0.717) is 18.7 Å². The first kappa shape index (κ1) is 16.8. The second-order valence-corrected chi connectivity index (χ2v) is 5.23. The summed E-state index contributed by atoms with van der Waals surface area (Å²) in [6.07, 6.45) is 0.360. The van der Waals surface area contributed by atoms with Crippen molar-refractivity contribution in [3.8, 4) is 5.75 Å². The van der Waals surface area contributed by atoms with Gasteiger partial charge in [-0.3, -0.25) is 4.90 Å². The number of rotatable bonds is 6. The average Bonchev–Trinajstić information content (AvgIpc) is 2.38. The van der Waals surface area contributed by atoms with Crippen molar-refractivity contribution in [1.82, 2.24) is 5.32 Å². The first-order chi connectivity index (χ1) is 9.85. The first-order valence-electron chi connectivity index (χ1n) is 6.95. The summed E-state index contributed by atoms with van der Waals surface area (Å²) < 4.78 is 0. The molecule has 6 heteroatoms. The molecule has 0 aliphatic carbocycles. The highest BCUT2D eigenvalue weighted by Gasteiger charge is 2.24. The van der Waals surface area contributed by atoms with Crippen LogP contribution in [0.2, 0.25) is 0 Å². The molecule has 21 heavy (non-hydrogen) atoms. The quantitative estimate of drug-likeness (QED) is 0.751. The maximum Gasteiger partial charge on any atom is 0.326 e. The second-order valence-electron chi connectivity index (χ2n) is 5.23. The number of urea groups is 1. The molecule has 0 saturated heterocycles. The molecule has 0 aliphatic heterocycles.